The van der Waals surface area contributed by atoms with Crippen LogP contribution < -0.4 is 0 Å². The van der Waals surface area contributed by atoms with Gasteiger partial charge in [-0.05, 0) is 132 Å². The first-order valence-electron chi connectivity index (χ1n) is 14.9. The van der Waals surface area contributed by atoms with Gasteiger partial charge in [-0.1, -0.05) is 41.0 Å². The molecule has 39 heavy (non-hydrogen) atoms. The zero-order valence-electron chi connectivity index (χ0n) is 25.3. The maximum atomic E-state index is 12.7. The first kappa shape index (κ1) is 33.8. The smallest absolute Gasteiger partial charge is 0.309 e. The van der Waals surface area contributed by atoms with Crippen LogP contribution in [0.4, 0.5) is 0 Å². The van der Waals surface area contributed by atoms with E-state index in [1.165, 1.54) is 20.3 Å². The van der Waals surface area contributed by atoms with Gasteiger partial charge in [0.05, 0.1) is 11.8 Å². The van der Waals surface area contributed by atoms with Crippen LogP contribution in [0.15, 0.2) is 44.6 Å². The van der Waals surface area contributed by atoms with Gasteiger partial charge in [0.2, 0.25) is 0 Å². The number of allylic oxidation sites excluding steroid dienone is 8. The number of halogens is 1. The van der Waals surface area contributed by atoms with E-state index in [2.05, 4.69) is 93.3 Å². The van der Waals surface area contributed by atoms with Crippen molar-refractivity contribution in [3.8, 4) is 0 Å². The summed E-state index contributed by atoms with van der Waals surface area (Å²) in [4.78, 5) is 27.6. The van der Waals surface area contributed by atoms with Crippen molar-refractivity contribution in [1.29, 1.82) is 0 Å². The highest BCUT2D eigenvalue weighted by Crippen LogP contribution is 2.29. The standard InChI is InChI=1S/C33H52INO4/c1-25(2)9-7-11-27-13-17-29(18-14-27)31(36)38-23-21-35(33(4,5)6)22-24-39-32(37)30-19-15-28(16-20-30)12-8-10-26(3)34/h9-10,13,15,29-30H,7-8,11-12,14,16-24H2,1-6H3/b26-10+. The van der Waals surface area contributed by atoms with E-state index in [0.717, 1.165) is 64.2 Å². The molecule has 2 rings (SSSR count). The zero-order valence-corrected chi connectivity index (χ0v) is 27.5. The number of nitrogens with zero attached hydrogens (tertiary/aromatic N) is 1. The van der Waals surface area contributed by atoms with E-state index in [1.54, 1.807) is 0 Å². The third kappa shape index (κ3) is 13.7. The lowest BCUT2D eigenvalue weighted by molar-refractivity contribution is -0.150. The van der Waals surface area contributed by atoms with Gasteiger partial charge in [0.1, 0.15) is 13.2 Å². The first-order valence-corrected chi connectivity index (χ1v) is 15.9. The Morgan fingerprint density at radius 1 is 0.872 bits per heavy atom. The summed E-state index contributed by atoms with van der Waals surface area (Å²) in [7, 11) is 0. The summed E-state index contributed by atoms with van der Waals surface area (Å²) in [5.41, 5.74) is 4.18. The largest absolute Gasteiger partial charge is 0.464 e. The molecule has 0 N–H and O–H groups in total. The molecule has 0 aromatic heterocycles. The monoisotopic (exact) mass is 653 g/mol. The Balaban J connectivity index is 1.70. The Morgan fingerprint density at radius 2 is 1.33 bits per heavy atom. The lowest BCUT2D eigenvalue weighted by atomic mass is 9.88. The molecule has 0 aromatic carbocycles. The van der Waals surface area contributed by atoms with Crippen molar-refractivity contribution in [3.63, 3.8) is 0 Å². The van der Waals surface area contributed by atoms with Gasteiger partial charge >= 0.3 is 11.9 Å². The third-order valence-electron chi connectivity index (χ3n) is 7.75. The molecule has 0 bridgehead atoms. The molecule has 0 aromatic rings. The molecular weight excluding hydrogens is 601 g/mol. The Bertz CT molecular complexity index is 848. The highest BCUT2D eigenvalue weighted by Gasteiger charge is 2.26. The molecule has 0 heterocycles. The van der Waals surface area contributed by atoms with Crippen LogP contribution in [0.2, 0.25) is 0 Å². The predicted molar refractivity (Wildman–Crippen MR) is 170 cm³/mol. The molecule has 0 fully saturated rings. The van der Waals surface area contributed by atoms with Gasteiger partial charge in [-0.25, -0.2) is 0 Å². The minimum absolute atomic E-state index is 0.0295. The summed E-state index contributed by atoms with van der Waals surface area (Å²) < 4.78 is 12.7. The summed E-state index contributed by atoms with van der Waals surface area (Å²) in [5.74, 6) is -0.227. The Morgan fingerprint density at radius 3 is 1.69 bits per heavy atom. The normalized spacial score (nSPS) is 20.3. The molecule has 6 heteroatoms. The van der Waals surface area contributed by atoms with Crippen molar-refractivity contribution in [2.45, 2.75) is 111 Å². The van der Waals surface area contributed by atoms with Gasteiger partial charge in [0, 0.05) is 18.6 Å². The van der Waals surface area contributed by atoms with E-state index in [9.17, 15) is 9.59 Å². The fourth-order valence-electron chi connectivity index (χ4n) is 5.19. The molecule has 2 atom stereocenters. The maximum absolute atomic E-state index is 12.7. The Kier molecular flexibility index (Phi) is 15.1. The van der Waals surface area contributed by atoms with Crippen LogP contribution in [0.1, 0.15) is 106 Å². The van der Waals surface area contributed by atoms with Crippen LogP contribution in [0.5, 0.6) is 0 Å². The Hall–Kier alpha value is -1.41. The van der Waals surface area contributed by atoms with Crippen molar-refractivity contribution in [2.75, 3.05) is 26.3 Å². The molecule has 0 saturated heterocycles. The number of carbonyl (C=O) groups excluding carboxylic acids is 2. The average Bonchev–Trinajstić information content (AvgIpc) is 2.87. The minimum Gasteiger partial charge on any atom is -0.464 e. The second-order valence-electron chi connectivity index (χ2n) is 12.3. The summed E-state index contributed by atoms with van der Waals surface area (Å²) >= 11 is 2.35. The van der Waals surface area contributed by atoms with Crippen molar-refractivity contribution >= 4 is 34.5 Å². The van der Waals surface area contributed by atoms with E-state index in [0.29, 0.717) is 26.3 Å². The van der Waals surface area contributed by atoms with E-state index in [1.807, 2.05) is 0 Å². The molecule has 220 valence electrons. The predicted octanol–water partition coefficient (Wildman–Crippen LogP) is 8.49. The van der Waals surface area contributed by atoms with Gasteiger partial charge in [0.15, 0.2) is 0 Å². The van der Waals surface area contributed by atoms with Crippen LogP contribution in [0.25, 0.3) is 0 Å². The molecule has 2 aliphatic rings. The van der Waals surface area contributed by atoms with Gasteiger partial charge in [0.25, 0.3) is 0 Å². The van der Waals surface area contributed by atoms with Gasteiger partial charge in [-0.15, -0.1) is 0 Å². The lowest BCUT2D eigenvalue weighted by Gasteiger charge is -2.35. The van der Waals surface area contributed by atoms with Crippen molar-refractivity contribution < 1.29 is 19.1 Å². The number of hydrogen-bond acceptors (Lipinski definition) is 5. The molecule has 5 nitrogen and oxygen atoms in total. The van der Waals surface area contributed by atoms with Crippen molar-refractivity contribution in [2.24, 2.45) is 11.8 Å². The second kappa shape index (κ2) is 17.4. The molecule has 2 aliphatic carbocycles. The molecule has 0 spiro atoms. The van der Waals surface area contributed by atoms with Crippen LogP contribution in [-0.4, -0.2) is 48.7 Å². The molecule has 2 unspecified atom stereocenters. The van der Waals surface area contributed by atoms with Crippen LogP contribution in [-0.2, 0) is 19.1 Å². The average molecular weight is 654 g/mol. The van der Waals surface area contributed by atoms with E-state index in [-0.39, 0.29) is 29.3 Å². The van der Waals surface area contributed by atoms with E-state index < -0.39 is 0 Å². The lowest BCUT2D eigenvalue weighted by Crippen LogP contribution is -2.45. The highest BCUT2D eigenvalue weighted by atomic mass is 127. The summed E-state index contributed by atoms with van der Waals surface area (Å²) in [5, 5.41) is 0. The first-order chi connectivity index (χ1) is 18.5. The van der Waals surface area contributed by atoms with E-state index in [4.69, 9.17) is 9.47 Å². The number of rotatable bonds is 14. The fourth-order valence-corrected chi connectivity index (χ4v) is 5.50. The Labute approximate surface area is 251 Å². The molecular formula is C33H52INO4. The van der Waals surface area contributed by atoms with Gasteiger partial charge < -0.3 is 9.47 Å². The molecule has 0 radical (unpaired) electrons. The molecule has 0 saturated carbocycles. The van der Waals surface area contributed by atoms with Crippen LogP contribution in [0, 0.1) is 11.8 Å². The maximum Gasteiger partial charge on any atom is 0.309 e. The number of hydrogen-bond donors (Lipinski definition) is 0. The van der Waals surface area contributed by atoms with Crippen molar-refractivity contribution in [1.82, 2.24) is 4.90 Å². The van der Waals surface area contributed by atoms with Gasteiger partial charge in [-0.3, -0.25) is 14.5 Å². The summed E-state index contributed by atoms with van der Waals surface area (Å²) in [6.07, 6.45) is 18.7. The fraction of sp³-hybridized carbons (Fsp3) is 0.697. The number of carbonyl (C=O) groups is 2. The van der Waals surface area contributed by atoms with E-state index >= 15 is 0 Å². The highest BCUT2D eigenvalue weighted by molar-refractivity contribution is 14.1. The summed E-state index contributed by atoms with van der Waals surface area (Å²) in [6, 6.07) is 0. The number of esters is 2. The minimum atomic E-state index is -0.111. The van der Waals surface area contributed by atoms with Gasteiger partial charge in [-0.2, -0.15) is 0 Å². The SMILES string of the molecule is CC(C)=CCCC1=CCC(C(=O)OCCN(CCOC(=O)C2CC=C(CC/C=C(\C)I)CC2)C(C)(C)C)CC1. The van der Waals surface area contributed by atoms with Crippen LogP contribution in [0.3, 0.4) is 0 Å². The van der Waals surface area contributed by atoms with Crippen molar-refractivity contribution in [3.05, 3.63) is 44.6 Å². The second-order valence-corrected chi connectivity index (χ2v) is 14.0. The quantitative estimate of drug-likeness (QED) is 0.107. The summed E-state index contributed by atoms with van der Waals surface area (Å²) in [6.45, 7) is 14.8. The molecule has 0 aliphatic heterocycles. The van der Waals surface area contributed by atoms with Crippen LogP contribution >= 0.6 is 22.6 Å². The molecule has 0 amide bonds. The topological polar surface area (TPSA) is 55.8 Å². The third-order valence-corrected chi connectivity index (χ3v) is 8.19. The zero-order chi connectivity index (χ0) is 28.8. The number of ether oxygens (including phenoxy) is 2.